The highest BCUT2D eigenvalue weighted by Crippen LogP contribution is 2.08. The number of hydrogen-bond donors (Lipinski definition) is 0. The van der Waals surface area contributed by atoms with E-state index in [0.29, 0.717) is 19.7 Å². The van der Waals surface area contributed by atoms with Gasteiger partial charge < -0.3 is 19.3 Å². The highest BCUT2D eigenvalue weighted by molar-refractivity contribution is 5.78. The number of urea groups is 1. The smallest absolute Gasteiger partial charge is 0.336 e. The number of hydrogen-bond acceptors (Lipinski definition) is 4. The van der Waals surface area contributed by atoms with Gasteiger partial charge in [-0.25, -0.2) is 9.59 Å². The standard InChI is InChI=1S/C10H18N2O4/c1-4-11(2)10(14)12-5-6-16-8(7-12)9(13)15-3/h8H,4-7H2,1-3H3. The first-order valence-electron chi connectivity index (χ1n) is 5.29. The fourth-order valence-electron chi connectivity index (χ4n) is 1.47. The maximum atomic E-state index is 11.8. The van der Waals surface area contributed by atoms with E-state index in [4.69, 9.17) is 4.74 Å². The number of ether oxygens (including phenoxy) is 2. The maximum absolute atomic E-state index is 11.8. The molecule has 0 aromatic heterocycles. The first-order chi connectivity index (χ1) is 7.60. The zero-order valence-corrected chi connectivity index (χ0v) is 9.93. The molecule has 1 atom stereocenters. The van der Waals surface area contributed by atoms with Crippen LogP contribution in [0.3, 0.4) is 0 Å². The van der Waals surface area contributed by atoms with Crippen molar-refractivity contribution in [3.63, 3.8) is 0 Å². The Bertz CT molecular complexity index is 270. The molecule has 6 heteroatoms. The SMILES string of the molecule is CCN(C)C(=O)N1CCOC(C(=O)OC)C1. The van der Waals surface area contributed by atoms with Crippen molar-refractivity contribution in [2.75, 3.05) is 40.4 Å². The van der Waals surface area contributed by atoms with Crippen molar-refractivity contribution in [1.29, 1.82) is 0 Å². The lowest BCUT2D eigenvalue weighted by Crippen LogP contribution is -2.52. The Morgan fingerprint density at radius 3 is 2.81 bits per heavy atom. The van der Waals surface area contributed by atoms with E-state index in [2.05, 4.69) is 4.74 Å². The van der Waals surface area contributed by atoms with Gasteiger partial charge in [0.15, 0.2) is 6.10 Å². The lowest BCUT2D eigenvalue weighted by molar-refractivity contribution is -0.158. The van der Waals surface area contributed by atoms with Gasteiger partial charge in [-0.1, -0.05) is 0 Å². The molecule has 1 aliphatic rings. The summed E-state index contributed by atoms with van der Waals surface area (Å²) in [6.45, 7) is 3.67. The van der Waals surface area contributed by atoms with Crippen molar-refractivity contribution in [3.8, 4) is 0 Å². The van der Waals surface area contributed by atoms with Gasteiger partial charge >= 0.3 is 12.0 Å². The second-order valence-electron chi connectivity index (χ2n) is 3.63. The summed E-state index contributed by atoms with van der Waals surface area (Å²) >= 11 is 0. The topological polar surface area (TPSA) is 59.1 Å². The van der Waals surface area contributed by atoms with Crippen LogP contribution in [0, 0.1) is 0 Å². The molecule has 0 aliphatic carbocycles. The number of carbonyl (C=O) groups excluding carboxylic acids is 2. The van der Waals surface area contributed by atoms with Crippen LogP contribution in [0.5, 0.6) is 0 Å². The molecular weight excluding hydrogens is 212 g/mol. The average Bonchev–Trinajstić information content (AvgIpc) is 2.36. The van der Waals surface area contributed by atoms with Gasteiger partial charge in [0.1, 0.15) is 0 Å². The van der Waals surface area contributed by atoms with Gasteiger partial charge in [-0.3, -0.25) is 0 Å². The Balaban J connectivity index is 2.56. The van der Waals surface area contributed by atoms with Crippen LogP contribution < -0.4 is 0 Å². The molecule has 0 N–H and O–H groups in total. The Labute approximate surface area is 95.1 Å². The van der Waals surface area contributed by atoms with Gasteiger partial charge in [0.25, 0.3) is 0 Å². The number of rotatable bonds is 2. The predicted octanol–water partition coefficient (Wildman–Crippen LogP) is -0.0681. The minimum atomic E-state index is -0.659. The molecule has 0 saturated carbocycles. The molecule has 1 saturated heterocycles. The second kappa shape index (κ2) is 5.69. The molecule has 0 spiro atoms. The molecule has 0 bridgehead atoms. The van der Waals surface area contributed by atoms with Crippen molar-refractivity contribution in [2.45, 2.75) is 13.0 Å². The fourth-order valence-corrected chi connectivity index (χ4v) is 1.47. The third-order valence-corrected chi connectivity index (χ3v) is 2.60. The number of methoxy groups -OCH3 is 1. The van der Waals surface area contributed by atoms with Crippen molar-refractivity contribution >= 4 is 12.0 Å². The van der Waals surface area contributed by atoms with Crippen LogP contribution in [0.15, 0.2) is 0 Å². The van der Waals surface area contributed by atoms with Gasteiger partial charge in [0.2, 0.25) is 0 Å². The van der Waals surface area contributed by atoms with E-state index in [0.717, 1.165) is 0 Å². The molecule has 1 heterocycles. The van der Waals surface area contributed by atoms with Gasteiger partial charge in [-0.2, -0.15) is 0 Å². The van der Waals surface area contributed by atoms with Crippen LogP contribution in [0.4, 0.5) is 4.79 Å². The molecule has 1 unspecified atom stereocenters. The minimum Gasteiger partial charge on any atom is -0.467 e. The Hall–Kier alpha value is -1.30. The number of esters is 1. The van der Waals surface area contributed by atoms with Gasteiger partial charge in [0, 0.05) is 20.1 Å². The summed E-state index contributed by atoms with van der Waals surface area (Å²) in [4.78, 5) is 26.3. The largest absolute Gasteiger partial charge is 0.467 e. The summed E-state index contributed by atoms with van der Waals surface area (Å²) in [6, 6.07) is -0.0836. The zero-order chi connectivity index (χ0) is 12.1. The lowest BCUT2D eigenvalue weighted by Gasteiger charge is -2.33. The van der Waals surface area contributed by atoms with E-state index in [1.165, 1.54) is 7.11 Å². The molecule has 1 rings (SSSR count). The van der Waals surface area contributed by atoms with Crippen molar-refractivity contribution < 1.29 is 19.1 Å². The summed E-state index contributed by atoms with van der Waals surface area (Å²) in [5, 5.41) is 0. The predicted molar refractivity (Wildman–Crippen MR) is 57.0 cm³/mol. The summed E-state index contributed by atoms with van der Waals surface area (Å²) in [7, 11) is 3.04. The summed E-state index contributed by atoms with van der Waals surface area (Å²) < 4.78 is 9.83. The molecule has 0 aromatic rings. The van der Waals surface area contributed by atoms with E-state index in [1.54, 1.807) is 16.8 Å². The fraction of sp³-hybridized carbons (Fsp3) is 0.800. The van der Waals surface area contributed by atoms with Gasteiger partial charge in [-0.15, -0.1) is 0 Å². The summed E-state index contributed by atoms with van der Waals surface area (Å²) in [5.41, 5.74) is 0. The first-order valence-corrected chi connectivity index (χ1v) is 5.29. The molecule has 92 valence electrons. The third kappa shape index (κ3) is 2.85. The van der Waals surface area contributed by atoms with Crippen LogP contribution in [-0.2, 0) is 14.3 Å². The second-order valence-corrected chi connectivity index (χ2v) is 3.63. The van der Waals surface area contributed by atoms with Crippen molar-refractivity contribution in [2.24, 2.45) is 0 Å². The summed E-state index contributed by atoms with van der Waals surface area (Å²) in [6.07, 6.45) is -0.659. The Morgan fingerprint density at radius 1 is 1.56 bits per heavy atom. The Morgan fingerprint density at radius 2 is 2.25 bits per heavy atom. The highest BCUT2D eigenvalue weighted by atomic mass is 16.6. The quantitative estimate of drug-likeness (QED) is 0.623. The molecule has 1 aliphatic heterocycles. The van der Waals surface area contributed by atoms with Crippen molar-refractivity contribution in [3.05, 3.63) is 0 Å². The van der Waals surface area contributed by atoms with Gasteiger partial charge in [0.05, 0.1) is 20.3 Å². The number of nitrogens with zero attached hydrogens (tertiary/aromatic N) is 2. The number of carbonyl (C=O) groups is 2. The molecule has 0 radical (unpaired) electrons. The minimum absolute atomic E-state index is 0.0836. The van der Waals surface area contributed by atoms with E-state index >= 15 is 0 Å². The molecule has 6 nitrogen and oxygen atoms in total. The lowest BCUT2D eigenvalue weighted by atomic mass is 10.3. The molecule has 0 aromatic carbocycles. The molecule has 1 fully saturated rings. The van der Waals surface area contributed by atoms with Crippen LogP contribution in [-0.4, -0.2) is 68.3 Å². The van der Waals surface area contributed by atoms with Crippen molar-refractivity contribution in [1.82, 2.24) is 9.80 Å². The third-order valence-electron chi connectivity index (χ3n) is 2.60. The van der Waals surface area contributed by atoms with E-state index < -0.39 is 12.1 Å². The summed E-state index contributed by atoms with van der Waals surface area (Å²) in [5.74, 6) is -0.434. The zero-order valence-electron chi connectivity index (χ0n) is 9.93. The molecular formula is C10H18N2O4. The van der Waals surface area contributed by atoms with E-state index in [-0.39, 0.29) is 12.6 Å². The van der Waals surface area contributed by atoms with E-state index in [1.807, 2.05) is 6.92 Å². The van der Waals surface area contributed by atoms with Crippen LogP contribution in [0.25, 0.3) is 0 Å². The van der Waals surface area contributed by atoms with Crippen LogP contribution in [0.2, 0.25) is 0 Å². The molecule has 2 amide bonds. The highest BCUT2D eigenvalue weighted by Gasteiger charge is 2.30. The first kappa shape index (κ1) is 12.8. The molecule has 16 heavy (non-hydrogen) atoms. The van der Waals surface area contributed by atoms with Crippen LogP contribution in [0.1, 0.15) is 6.92 Å². The normalized spacial score (nSPS) is 20.4. The van der Waals surface area contributed by atoms with Gasteiger partial charge in [-0.05, 0) is 6.92 Å². The number of morpholine rings is 1. The average molecular weight is 230 g/mol. The van der Waals surface area contributed by atoms with Crippen LogP contribution >= 0.6 is 0 Å². The monoisotopic (exact) mass is 230 g/mol. The maximum Gasteiger partial charge on any atom is 0.336 e. The van der Waals surface area contributed by atoms with E-state index in [9.17, 15) is 9.59 Å². The number of amides is 2. The Kier molecular flexibility index (Phi) is 4.54.